The maximum absolute atomic E-state index is 13.1. The van der Waals surface area contributed by atoms with Crippen LogP contribution >= 0.6 is 11.8 Å². The number of methoxy groups -OCH3 is 1. The largest absolute Gasteiger partial charge is 0.507 e. The van der Waals surface area contributed by atoms with E-state index in [-0.39, 0.29) is 22.1 Å². The third-order valence-electron chi connectivity index (χ3n) is 3.89. The van der Waals surface area contributed by atoms with Gasteiger partial charge in [-0.05, 0) is 42.8 Å². The highest BCUT2D eigenvalue weighted by Crippen LogP contribution is 2.41. The zero-order valence-corrected chi connectivity index (χ0v) is 15.4. The average molecular weight is 385 g/mol. The Morgan fingerprint density at radius 1 is 1.19 bits per heavy atom. The Hall–Kier alpha value is -3.06. The fourth-order valence-corrected chi connectivity index (χ4v) is 3.49. The number of aryl methyl sites for hydroxylation is 1. The van der Waals surface area contributed by atoms with Gasteiger partial charge in [0, 0.05) is 5.56 Å². The number of carbonyl (C=O) groups is 1. The number of nitrogens with zero attached hydrogens (tertiary/aromatic N) is 1. The summed E-state index contributed by atoms with van der Waals surface area (Å²) in [5, 5.41) is 20.9. The Balaban J connectivity index is 2.07. The van der Waals surface area contributed by atoms with Gasteiger partial charge in [0.1, 0.15) is 27.9 Å². The van der Waals surface area contributed by atoms with Crippen molar-refractivity contribution in [3.05, 3.63) is 75.6 Å². The maximum Gasteiger partial charge on any atom is 0.344 e. The van der Waals surface area contributed by atoms with Gasteiger partial charge in [0.2, 0.25) is 0 Å². The smallest absolute Gasteiger partial charge is 0.344 e. The molecular formula is C20H16FNO4S. The molecule has 0 unspecified atom stereocenters. The molecule has 0 saturated carbocycles. The Morgan fingerprint density at radius 3 is 2.56 bits per heavy atom. The molecule has 0 fully saturated rings. The van der Waals surface area contributed by atoms with Crippen molar-refractivity contribution < 1.29 is 24.1 Å². The van der Waals surface area contributed by atoms with Crippen LogP contribution < -0.4 is 0 Å². The van der Waals surface area contributed by atoms with Crippen molar-refractivity contribution in [1.29, 1.82) is 0 Å². The van der Waals surface area contributed by atoms with Crippen LogP contribution in [0.15, 0.2) is 63.7 Å². The number of para-hydroxylation sites is 1. The highest BCUT2D eigenvalue weighted by Gasteiger charge is 2.33. The molecule has 0 amide bonds. The Morgan fingerprint density at radius 2 is 1.89 bits per heavy atom. The van der Waals surface area contributed by atoms with Crippen LogP contribution in [0, 0.1) is 12.7 Å². The lowest BCUT2D eigenvalue weighted by atomic mass is 10.1. The fraction of sp³-hybridized carbons (Fsp3) is 0.100. The number of esters is 1. The molecule has 7 heteroatoms. The lowest BCUT2D eigenvalue weighted by Crippen LogP contribution is -2.10. The number of aromatic hydroxyl groups is 1. The zero-order valence-electron chi connectivity index (χ0n) is 14.6. The lowest BCUT2D eigenvalue weighted by molar-refractivity contribution is -0.135. The number of aliphatic hydroxyl groups is 1. The summed E-state index contributed by atoms with van der Waals surface area (Å²) >= 11 is 1.06. The van der Waals surface area contributed by atoms with E-state index in [9.17, 15) is 19.4 Å². The van der Waals surface area contributed by atoms with Crippen molar-refractivity contribution in [1.82, 2.24) is 0 Å². The van der Waals surface area contributed by atoms with Gasteiger partial charge >= 0.3 is 5.97 Å². The first-order valence-corrected chi connectivity index (χ1v) is 8.77. The highest BCUT2D eigenvalue weighted by atomic mass is 32.2. The summed E-state index contributed by atoms with van der Waals surface area (Å²) in [5.41, 5.74) is 1.53. The number of hydrogen-bond acceptors (Lipinski definition) is 6. The number of rotatable bonds is 3. The van der Waals surface area contributed by atoms with E-state index in [4.69, 9.17) is 4.74 Å². The standard InChI is InChI=1S/C20H16FNO4S/c1-11-4-3-5-12(17(11)23)10-15-18(24)16(20(25)26-2)19(27-15)22-14-8-6-13(21)7-9-14/h3-10,23-24H,1-2H3/b15-10+,22-19?. The summed E-state index contributed by atoms with van der Waals surface area (Å²) in [5.74, 6) is -1.34. The summed E-state index contributed by atoms with van der Waals surface area (Å²) in [6.07, 6.45) is 1.57. The van der Waals surface area contributed by atoms with Crippen molar-refractivity contribution in [2.75, 3.05) is 7.11 Å². The molecule has 5 nitrogen and oxygen atoms in total. The maximum atomic E-state index is 13.1. The monoisotopic (exact) mass is 385 g/mol. The predicted molar refractivity (Wildman–Crippen MR) is 104 cm³/mol. The van der Waals surface area contributed by atoms with E-state index in [1.165, 1.54) is 31.4 Å². The highest BCUT2D eigenvalue weighted by molar-refractivity contribution is 8.18. The van der Waals surface area contributed by atoms with Crippen LogP contribution in [0.5, 0.6) is 5.75 Å². The third-order valence-corrected chi connectivity index (χ3v) is 4.91. The first kappa shape index (κ1) is 18.7. The number of aliphatic hydroxyl groups excluding tert-OH is 1. The molecule has 2 N–H and O–H groups in total. The van der Waals surface area contributed by atoms with Crippen LogP contribution in [0.4, 0.5) is 10.1 Å². The molecule has 27 heavy (non-hydrogen) atoms. The summed E-state index contributed by atoms with van der Waals surface area (Å²) in [6.45, 7) is 1.76. The number of hydrogen-bond donors (Lipinski definition) is 2. The first-order chi connectivity index (χ1) is 12.9. The Bertz CT molecular complexity index is 994. The number of benzene rings is 2. The van der Waals surface area contributed by atoms with Gasteiger partial charge in [-0.2, -0.15) is 0 Å². The number of phenols is 1. The van der Waals surface area contributed by atoms with Crippen LogP contribution in [-0.4, -0.2) is 28.3 Å². The van der Waals surface area contributed by atoms with Crippen molar-refractivity contribution in [2.45, 2.75) is 6.92 Å². The summed E-state index contributed by atoms with van der Waals surface area (Å²) in [6, 6.07) is 10.7. The number of thioether (sulfide) groups is 1. The number of aliphatic imine (C=N–C) groups is 1. The molecule has 2 aromatic rings. The van der Waals surface area contributed by atoms with Gasteiger partial charge in [-0.3, -0.25) is 0 Å². The second-order valence-electron chi connectivity index (χ2n) is 5.73. The van der Waals surface area contributed by atoms with Crippen LogP contribution in [0.25, 0.3) is 6.08 Å². The Labute approximate surface area is 159 Å². The van der Waals surface area contributed by atoms with E-state index < -0.39 is 11.8 Å². The third kappa shape index (κ3) is 3.88. The second kappa shape index (κ2) is 7.67. The van der Waals surface area contributed by atoms with Crippen LogP contribution in [0.1, 0.15) is 11.1 Å². The van der Waals surface area contributed by atoms with E-state index in [0.29, 0.717) is 21.7 Å². The van der Waals surface area contributed by atoms with Crippen LogP contribution in [0.3, 0.4) is 0 Å². The van der Waals surface area contributed by atoms with Crippen LogP contribution in [0.2, 0.25) is 0 Å². The van der Waals surface area contributed by atoms with E-state index in [2.05, 4.69) is 4.99 Å². The van der Waals surface area contributed by atoms with Crippen molar-refractivity contribution in [2.24, 2.45) is 4.99 Å². The lowest BCUT2D eigenvalue weighted by Gasteiger charge is -2.04. The minimum Gasteiger partial charge on any atom is -0.507 e. The molecule has 3 rings (SSSR count). The van der Waals surface area contributed by atoms with Gasteiger partial charge in [0.15, 0.2) is 0 Å². The van der Waals surface area contributed by atoms with E-state index in [0.717, 1.165) is 11.8 Å². The minimum atomic E-state index is -0.738. The molecule has 1 aliphatic heterocycles. The molecule has 0 spiro atoms. The molecule has 2 aromatic carbocycles. The number of ether oxygens (including phenoxy) is 1. The molecule has 1 heterocycles. The van der Waals surface area contributed by atoms with Crippen molar-refractivity contribution in [3.8, 4) is 5.75 Å². The summed E-state index contributed by atoms with van der Waals surface area (Å²) in [7, 11) is 1.21. The number of halogens is 1. The SMILES string of the molecule is COC(=O)C1=C(O)/C(=C\c2cccc(C)c2O)SC1=Nc1ccc(F)cc1. The molecule has 0 aliphatic carbocycles. The molecule has 0 saturated heterocycles. The average Bonchev–Trinajstić information content (AvgIpc) is 2.95. The van der Waals surface area contributed by atoms with Gasteiger partial charge in [0.25, 0.3) is 0 Å². The minimum absolute atomic E-state index is 0.0785. The molecule has 0 atom stereocenters. The number of phenolic OH excluding ortho intramolecular Hbond substituents is 1. The normalized spacial score (nSPS) is 17.0. The van der Waals surface area contributed by atoms with Crippen molar-refractivity contribution in [3.63, 3.8) is 0 Å². The van der Waals surface area contributed by atoms with Gasteiger partial charge in [0.05, 0.1) is 17.7 Å². The van der Waals surface area contributed by atoms with E-state index in [1.807, 2.05) is 0 Å². The molecule has 1 aliphatic rings. The van der Waals surface area contributed by atoms with Gasteiger partial charge in [-0.25, -0.2) is 14.2 Å². The molecule has 0 bridgehead atoms. The fourth-order valence-electron chi connectivity index (χ4n) is 2.46. The number of carbonyl (C=O) groups excluding carboxylic acids is 1. The van der Waals surface area contributed by atoms with Gasteiger partial charge in [-0.15, -0.1) is 0 Å². The molecular weight excluding hydrogens is 369 g/mol. The predicted octanol–water partition coefficient (Wildman–Crippen LogP) is 4.64. The summed E-state index contributed by atoms with van der Waals surface area (Å²) < 4.78 is 17.8. The van der Waals surface area contributed by atoms with Gasteiger partial charge in [-0.1, -0.05) is 30.0 Å². The van der Waals surface area contributed by atoms with E-state index >= 15 is 0 Å². The van der Waals surface area contributed by atoms with Crippen molar-refractivity contribution >= 4 is 34.5 Å². The molecule has 0 aromatic heterocycles. The van der Waals surface area contributed by atoms with Gasteiger partial charge < -0.3 is 14.9 Å². The molecule has 138 valence electrons. The zero-order chi connectivity index (χ0) is 19.6. The second-order valence-corrected chi connectivity index (χ2v) is 6.76. The van der Waals surface area contributed by atoms with Crippen LogP contribution in [-0.2, 0) is 9.53 Å². The first-order valence-electron chi connectivity index (χ1n) is 7.95. The van der Waals surface area contributed by atoms with E-state index in [1.54, 1.807) is 31.2 Å². The quantitative estimate of drug-likeness (QED) is 0.753. The molecule has 0 radical (unpaired) electrons. The summed E-state index contributed by atoms with van der Waals surface area (Å²) in [4.78, 5) is 16.8. The topological polar surface area (TPSA) is 79.1 Å². The Kier molecular flexibility index (Phi) is 5.32.